The molecule has 3 heteroatoms. The molecule has 25 heavy (non-hydrogen) atoms. The van der Waals surface area contributed by atoms with E-state index in [9.17, 15) is 4.39 Å². The lowest BCUT2D eigenvalue weighted by molar-refractivity contribution is 0.602. The third kappa shape index (κ3) is 4.91. The minimum absolute atomic E-state index is 0.217. The van der Waals surface area contributed by atoms with E-state index in [1.54, 1.807) is 18.3 Å². The maximum absolute atomic E-state index is 14.1. The number of hydrogen-bond donors (Lipinski definition) is 0. The number of para-hydroxylation sites is 1. The molecule has 0 atom stereocenters. The van der Waals surface area contributed by atoms with Crippen LogP contribution in [0, 0.1) is 12.7 Å². The van der Waals surface area contributed by atoms with Crippen molar-refractivity contribution in [3.8, 4) is 0 Å². The molecule has 0 N–H and O–H groups in total. The topological polar surface area (TPSA) is 12.4 Å². The van der Waals surface area contributed by atoms with E-state index in [4.69, 9.17) is 0 Å². The maximum Gasteiger partial charge on any atom is 0.137 e. The first-order chi connectivity index (χ1) is 12.2. The number of allylic oxidation sites excluding steroid dienone is 1. The van der Waals surface area contributed by atoms with Crippen LogP contribution in [0.2, 0.25) is 0 Å². The summed E-state index contributed by atoms with van der Waals surface area (Å²) in [6.45, 7) is 2.05. The molecule has 0 bridgehead atoms. The van der Waals surface area contributed by atoms with Crippen molar-refractivity contribution >= 4 is 28.6 Å². The van der Waals surface area contributed by atoms with Crippen molar-refractivity contribution in [3.63, 3.8) is 0 Å². The Morgan fingerprint density at radius 2 is 1.68 bits per heavy atom. The first-order valence-electron chi connectivity index (χ1n) is 8.01. The SMILES string of the molecule is Cc1cccc(/C(=C\C=Nc2ccccc2)Sc2ccccc2F)c1. The van der Waals surface area contributed by atoms with Gasteiger partial charge in [0.1, 0.15) is 5.82 Å². The molecule has 0 radical (unpaired) electrons. The highest BCUT2D eigenvalue weighted by Crippen LogP contribution is 2.35. The zero-order chi connectivity index (χ0) is 17.5. The monoisotopic (exact) mass is 347 g/mol. The molecule has 0 amide bonds. The van der Waals surface area contributed by atoms with Crippen molar-refractivity contribution in [3.05, 3.63) is 102 Å². The van der Waals surface area contributed by atoms with Crippen LogP contribution in [-0.4, -0.2) is 6.21 Å². The van der Waals surface area contributed by atoms with Gasteiger partial charge < -0.3 is 0 Å². The molecule has 0 fully saturated rings. The number of nitrogens with zero attached hydrogens (tertiary/aromatic N) is 1. The Morgan fingerprint density at radius 1 is 0.920 bits per heavy atom. The van der Waals surface area contributed by atoms with Crippen LogP contribution in [0.4, 0.5) is 10.1 Å². The minimum atomic E-state index is -0.217. The number of halogens is 1. The Labute approximate surface area is 151 Å². The summed E-state index contributed by atoms with van der Waals surface area (Å²) in [7, 11) is 0. The largest absolute Gasteiger partial charge is 0.257 e. The average molecular weight is 347 g/mol. The lowest BCUT2D eigenvalue weighted by atomic mass is 10.1. The van der Waals surface area contributed by atoms with Crippen molar-refractivity contribution in [2.45, 2.75) is 11.8 Å². The fourth-order valence-corrected chi connectivity index (χ4v) is 3.26. The van der Waals surface area contributed by atoms with Gasteiger partial charge in [-0.05, 0) is 42.8 Å². The third-order valence-electron chi connectivity index (χ3n) is 3.56. The van der Waals surface area contributed by atoms with E-state index in [0.29, 0.717) is 4.90 Å². The van der Waals surface area contributed by atoms with Crippen molar-refractivity contribution in [1.29, 1.82) is 0 Å². The number of thioether (sulfide) groups is 1. The zero-order valence-corrected chi connectivity index (χ0v) is 14.7. The Hall–Kier alpha value is -2.65. The number of benzene rings is 3. The van der Waals surface area contributed by atoms with Gasteiger partial charge in [0, 0.05) is 16.0 Å². The smallest absolute Gasteiger partial charge is 0.137 e. The summed E-state index contributed by atoms with van der Waals surface area (Å²) in [5.74, 6) is -0.217. The minimum Gasteiger partial charge on any atom is -0.257 e. The van der Waals surface area contributed by atoms with Crippen LogP contribution in [-0.2, 0) is 0 Å². The molecule has 0 spiro atoms. The van der Waals surface area contributed by atoms with Gasteiger partial charge >= 0.3 is 0 Å². The Morgan fingerprint density at radius 3 is 2.44 bits per heavy atom. The number of hydrogen-bond acceptors (Lipinski definition) is 2. The number of rotatable bonds is 5. The second-order valence-corrected chi connectivity index (χ2v) is 6.63. The van der Waals surface area contributed by atoms with Gasteiger partial charge in [-0.15, -0.1) is 0 Å². The first-order valence-corrected chi connectivity index (χ1v) is 8.83. The van der Waals surface area contributed by atoms with Gasteiger partial charge in [0.15, 0.2) is 0 Å². The van der Waals surface area contributed by atoms with Crippen molar-refractivity contribution in [1.82, 2.24) is 0 Å². The summed E-state index contributed by atoms with van der Waals surface area (Å²) >= 11 is 1.41. The maximum atomic E-state index is 14.1. The molecule has 3 aromatic carbocycles. The van der Waals surface area contributed by atoms with Crippen molar-refractivity contribution < 1.29 is 4.39 Å². The highest BCUT2D eigenvalue weighted by Gasteiger charge is 2.08. The lowest BCUT2D eigenvalue weighted by Crippen LogP contribution is -1.86. The Bertz CT molecular complexity index is 901. The molecule has 0 saturated heterocycles. The normalized spacial score (nSPS) is 11.8. The standard InChI is InChI=1S/C22H18FNS/c1-17-8-7-9-18(16-17)21(25-22-13-6-5-12-20(22)23)14-15-24-19-10-3-2-4-11-19/h2-16H,1H3/b21-14+,24-15?. The molecular formula is C22H18FNS. The summed E-state index contributed by atoms with van der Waals surface area (Å²) in [5.41, 5.74) is 3.10. The molecule has 0 aliphatic rings. The summed E-state index contributed by atoms with van der Waals surface area (Å²) < 4.78 is 14.1. The highest BCUT2D eigenvalue weighted by atomic mass is 32.2. The van der Waals surface area contributed by atoms with Crippen LogP contribution in [0.25, 0.3) is 4.91 Å². The Balaban J connectivity index is 1.93. The summed E-state index contributed by atoms with van der Waals surface area (Å²) in [5, 5.41) is 0. The van der Waals surface area contributed by atoms with Crippen LogP contribution in [0.5, 0.6) is 0 Å². The second kappa shape index (κ2) is 8.45. The number of aliphatic imine (C=N–C) groups is 1. The van der Waals surface area contributed by atoms with Gasteiger partial charge in [-0.1, -0.05) is 71.9 Å². The molecule has 0 unspecified atom stereocenters. The molecule has 0 aliphatic carbocycles. The predicted molar refractivity (Wildman–Crippen MR) is 106 cm³/mol. The highest BCUT2D eigenvalue weighted by molar-refractivity contribution is 8.08. The van der Waals surface area contributed by atoms with Gasteiger partial charge in [0.25, 0.3) is 0 Å². The van der Waals surface area contributed by atoms with E-state index >= 15 is 0 Å². The molecule has 3 rings (SSSR count). The zero-order valence-electron chi connectivity index (χ0n) is 13.9. The van der Waals surface area contributed by atoms with Crippen molar-refractivity contribution in [2.24, 2.45) is 4.99 Å². The van der Waals surface area contributed by atoms with Crippen LogP contribution in [0.15, 0.2) is 94.8 Å². The van der Waals surface area contributed by atoms with E-state index in [0.717, 1.165) is 21.7 Å². The summed E-state index contributed by atoms with van der Waals surface area (Å²) in [4.78, 5) is 6.00. The quantitative estimate of drug-likeness (QED) is 0.371. The molecular weight excluding hydrogens is 329 g/mol. The Kier molecular flexibility index (Phi) is 5.81. The average Bonchev–Trinajstić information content (AvgIpc) is 2.63. The molecule has 0 aliphatic heterocycles. The summed E-state index contributed by atoms with van der Waals surface area (Å²) in [6, 6.07) is 24.7. The van der Waals surface area contributed by atoms with Gasteiger partial charge in [0.05, 0.1) is 5.69 Å². The molecule has 124 valence electrons. The van der Waals surface area contributed by atoms with E-state index in [-0.39, 0.29) is 5.82 Å². The van der Waals surface area contributed by atoms with Crippen molar-refractivity contribution in [2.75, 3.05) is 0 Å². The molecule has 0 saturated carbocycles. The molecule has 1 nitrogen and oxygen atoms in total. The van der Waals surface area contributed by atoms with E-state index in [2.05, 4.69) is 11.1 Å². The van der Waals surface area contributed by atoms with E-state index in [1.807, 2.05) is 67.6 Å². The van der Waals surface area contributed by atoms with Gasteiger partial charge in [-0.25, -0.2) is 4.39 Å². The predicted octanol–water partition coefficient (Wildman–Crippen LogP) is 6.67. The van der Waals surface area contributed by atoms with Gasteiger partial charge in [-0.2, -0.15) is 0 Å². The van der Waals surface area contributed by atoms with E-state index < -0.39 is 0 Å². The van der Waals surface area contributed by atoms with Crippen LogP contribution < -0.4 is 0 Å². The molecule has 0 heterocycles. The van der Waals surface area contributed by atoms with Gasteiger partial charge in [-0.3, -0.25) is 4.99 Å². The molecule has 0 aromatic heterocycles. The van der Waals surface area contributed by atoms with Crippen LogP contribution in [0.3, 0.4) is 0 Å². The first kappa shape index (κ1) is 17.2. The lowest BCUT2D eigenvalue weighted by Gasteiger charge is -2.08. The van der Waals surface area contributed by atoms with Crippen LogP contribution in [0.1, 0.15) is 11.1 Å². The number of aryl methyl sites for hydroxylation is 1. The molecule has 3 aromatic rings. The fourth-order valence-electron chi connectivity index (χ4n) is 2.34. The van der Waals surface area contributed by atoms with Crippen LogP contribution >= 0.6 is 11.8 Å². The fraction of sp³-hybridized carbons (Fsp3) is 0.0455. The van der Waals surface area contributed by atoms with E-state index in [1.165, 1.54) is 17.8 Å². The second-order valence-electron chi connectivity index (χ2n) is 5.55. The third-order valence-corrected chi connectivity index (χ3v) is 4.71. The van der Waals surface area contributed by atoms with Gasteiger partial charge in [0.2, 0.25) is 0 Å². The summed E-state index contributed by atoms with van der Waals surface area (Å²) in [6.07, 6.45) is 3.69.